The van der Waals surface area contributed by atoms with Crippen LogP contribution in [0.5, 0.6) is 0 Å². The molecule has 0 saturated carbocycles. The lowest BCUT2D eigenvalue weighted by Gasteiger charge is -2.13. The van der Waals surface area contributed by atoms with Crippen molar-refractivity contribution < 1.29 is 4.79 Å². The number of rotatable bonds is 6. The molecular formula is C19H25N3O. The highest BCUT2D eigenvalue weighted by atomic mass is 16.1. The third kappa shape index (κ3) is 4.55. The highest BCUT2D eigenvalue weighted by molar-refractivity contribution is 5.91. The summed E-state index contributed by atoms with van der Waals surface area (Å²) in [6, 6.07) is 9.99. The van der Waals surface area contributed by atoms with E-state index in [-0.39, 0.29) is 11.8 Å². The minimum atomic E-state index is 0.0392. The highest BCUT2D eigenvalue weighted by Crippen LogP contribution is 2.20. The monoisotopic (exact) mass is 311 g/mol. The van der Waals surface area contributed by atoms with Crippen molar-refractivity contribution in [2.24, 2.45) is 5.92 Å². The number of anilines is 3. The van der Waals surface area contributed by atoms with Crippen molar-refractivity contribution in [3.63, 3.8) is 0 Å². The van der Waals surface area contributed by atoms with Crippen LogP contribution < -0.4 is 10.6 Å². The van der Waals surface area contributed by atoms with Gasteiger partial charge in [-0.1, -0.05) is 19.9 Å². The molecule has 23 heavy (non-hydrogen) atoms. The summed E-state index contributed by atoms with van der Waals surface area (Å²) >= 11 is 0. The molecule has 1 amide bonds. The molecule has 122 valence electrons. The van der Waals surface area contributed by atoms with Gasteiger partial charge >= 0.3 is 0 Å². The maximum absolute atomic E-state index is 12.1. The molecule has 0 saturated heterocycles. The molecule has 0 spiro atoms. The number of hydrogen-bond donors (Lipinski definition) is 2. The summed E-state index contributed by atoms with van der Waals surface area (Å²) in [6.45, 7) is 8.24. The summed E-state index contributed by atoms with van der Waals surface area (Å²) in [4.78, 5) is 16.4. The summed E-state index contributed by atoms with van der Waals surface area (Å²) < 4.78 is 0. The van der Waals surface area contributed by atoms with Gasteiger partial charge in [0.2, 0.25) is 5.91 Å². The summed E-state index contributed by atoms with van der Waals surface area (Å²) in [6.07, 6.45) is 3.42. The second-order valence-corrected chi connectivity index (χ2v) is 5.86. The van der Waals surface area contributed by atoms with Gasteiger partial charge in [0.05, 0.1) is 11.9 Å². The third-order valence-corrected chi connectivity index (χ3v) is 4.17. The van der Waals surface area contributed by atoms with E-state index in [1.165, 1.54) is 11.1 Å². The fourth-order valence-corrected chi connectivity index (χ4v) is 2.42. The number of nitrogens with zero attached hydrogens (tertiary/aromatic N) is 1. The van der Waals surface area contributed by atoms with E-state index < -0.39 is 0 Å². The third-order valence-electron chi connectivity index (χ3n) is 4.17. The number of carbonyl (C=O) groups excluding carboxylic acids is 1. The maximum Gasteiger partial charge on any atom is 0.228 e. The molecule has 2 rings (SSSR count). The van der Waals surface area contributed by atoms with Crippen molar-refractivity contribution in [2.45, 2.75) is 40.5 Å². The largest absolute Gasteiger partial charge is 0.354 e. The lowest BCUT2D eigenvalue weighted by atomic mass is 10.0. The van der Waals surface area contributed by atoms with E-state index in [1.807, 2.05) is 32.0 Å². The van der Waals surface area contributed by atoms with Crippen LogP contribution in [0.15, 0.2) is 36.5 Å². The molecule has 4 nitrogen and oxygen atoms in total. The maximum atomic E-state index is 12.1. The molecule has 0 atom stereocenters. The first-order chi connectivity index (χ1) is 11.0. The van der Waals surface area contributed by atoms with Gasteiger partial charge < -0.3 is 10.6 Å². The molecule has 0 aliphatic heterocycles. The van der Waals surface area contributed by atoms with Crippen molar-refractivity contribution in [3.05, 3.63) is 47.7 Å². The Morgan fingerprint density at radius 1 is 1.04 bits per heavy atom. The molecule has 4 heteroatoms. The first-order valence-corrected chi connectivity index (χ1v) is 8.14. The second-order valence-electron chi connectivity index (χ2n) is 5.86. The van der Waals surface area contributed by atoms with Gasteiger partial charge in [0.15, 0.2) is 0 Å². The Kier molecular flexibility index (Phi) is 5.74. The number of aromatic nitrogens is 1. The fourth-order valence-electron chi connectivity index (χ4n) is 2.42. The minimum Gasteiger partial charge on any atom is -0.354 e. The first kappa shape index (κ1) is 17.0. The van der Waals surface area contributed by atoms with Crippen LogP contribution in [0, 0.1) is 19.8 Å². The van der Waals surface area contributed by atoms with E-state index in [9.17, 15) is 4.79 Å². The van der Waals surface area contributed by atoms with Crippen LogP contribution in [0.3, 0.4) is 0 Å². The van der Waals surface area contributed by atoms with Gasteiger partial charge in [0.1, 0.15) is 5.82 Å². The van der Waals surface area contributed by atoms with Gasteiger partial charge in [-0.2, -0.15) is 0 Å². The summed E-state index contributed by atoms with van der Waals surface area (Å²) in [5.41, 5.74) is 4.45. The zero-order valence-electron chi connectivity index (χ0n) is 14.3. The molecule has 2 N–H and O–H groups in total. The molecular weight excluding hydrogens is 286 g/mol. The van der Waals surface area contributed by atoms with Crippen molar-refractivity contribution >= 4 is 23.1 Å². The van der Waals surface area contributed by atoms with Crippen LogP contribution in [-0.2, 0) is 4.79 Å². The number of aryl methyl sites for hydroxylation is 2. The highest BCUT2D eigenvalue weighted by Gasteiger charge is 2.14. The van der Waals surface area contributed by atoms with Crippen LogP contribution in [0.1, 0.15) is 37.8 Å². The Hall–Kier alpha value is -2.36. The number of hydrogen-bond acceptors (Lipinski definition) is 3. The average Bonchev–Trinajstić information content (AvgIpc) is 2.54. The van der Waals surface area contributed by atoms with Gasteiger partial charge in [0.25, 0.3) is 0 Å². The molecule has 0 bridgehead atoms. The molecule has 0 aliphatic carbocycles. The SMILES string of the molecule is CCC(CC)C(=O)Nc1ccc(Nc2ccc(C)c(C)c2)cn1. The lowest BCUT2D eigenvalue weighted by molar-refractivity contribution is -0.120. The Morgan fingerprint density at radius 2 is 1.74 bits per heavy atom. The van der Waals surface area contributed by atoms with Crippen LogP contribution in [0.4, 0.5) is 17.2 Å². The van der Waals surface area contributed by atoms with E-state index in [4.69, 9.17) is 0 Å². The molecule has 1 heterocycles. The van der Waals surface area contributed by atoms with E-state index in [1.54, 1.807) is 6.20 Å². The van der Waals surface area contributed by atoms with Crippen molar-refractivity contribution in [2.75, 3.05) is 10.6 Å². The predicted octanol–water partition coefficient (Wildman–Crippen LogP) is 4.82. The Bertz CT molecular complexity index is 661. The smallest absolute Gasteiger partial charge is 0.228 e. The Balaban J connectivity index is 2.01. The number of amides is 1. The fraction of sp³-hybridized carbons (Fsp3) is 0.368. The van der Waals surface area contributed by atoms with Crippen LogP contribution in [-0.4, -0.2) is 10.9 Å². The van der Waals surface area contributed by atoms with Crippen molar-refractivity contribution in [1.82, 2.24) is 4.98 Å². The van der Waals surface area contributed by atoms with Crippen molar-refractivity contribution in [1.29, 1.82) is 0 Å². The van der Waals surface area contributed by atoms with Crippen LogP contribution >= 0.6 is 0 Å². The van der Waals surface area contributed by atoms with Crippen LogP contribution in [0.2, 0.25) is 0 Å². The molecule has 0 fully saturated rings. The zero-order chi connectivity index (χ0) is 16.8. The predicted molar refractivity (Wildman–Crippen MR) is 96.1 cm³/mol. The standard InChI is InChI=1S/C19H25N3O/c1-5-15(6-2)19(23)22-18-10-9-17(12-20-18)21-16-8-7-13(3)14(4)11-16/h7-12,15,21H,5-6H2,1-4H3,(H,20,22,23). The first-order valence-electron chi connectivity index (χ1n) is 8.14. The van der Waals surface area contributed by atoms with Crippen molar-refractivity contribution in [3.8, 4) is 0 Å². The van der Waals surface area contributed by atoms with Gasteiger partial charge in [0, 0.05) is 11.6 Å². The van der Waals surface area contributed by atoms with Gasteiger partial charge in [-0.3, -0.25) is 4.79 Å². The summed E-state index contributed by atoms with van der Waals surface area (Å²) in [7, 11) is 0. The average molecular weight is 311 g/mol. The van der Waals surface area contributed by atoms with E-state index in [0.717, 1.165) is 24.2 Å². The number of carbonyl (C=O) groups is 1. The zero-order valence-corrected chi connectivity index (χ0v) is 14.3. The Morgan fingerprint density at radius 3 is 2.30 bits per heavy atom. The molecule has 0 radical (unpaired) electrons. The molecule has 0 unspecified atom stereocenters. The molecule has 0 aliphatic rings. The van der Waals surface area contributed by atoms with Gasteiger partial charge in [-0.25, -0.2) is 4.98 Å². The second kappa shape index (κ2) is 7.77. The van der Waals surface area contributed by atoms with E-state index in [2.05, 4.69) is 41.6 Å². The van der Waals surface area contributed by atoms with Gasteiger partial charge in [-0.15, -0.1) is 0 Å². The lowest BCUT2D eigenvalue weighted by Crippen LogP contribution is -2.22. The normalized spacial score (nSPS) is 10.7. The quantitative estimate of drug-likeness (QED) is 0.804. The summed E-state index contributed by atoms with van der Waals surface area (Å²) in [5, 5.41) is 6.20. The summed E-state index contributed by atoms with van der Waals surface area (Å²) in [5.74, 6) is 0.676. The number of nitrogens with one attached hydrogen (secondary N) is 2. The minimum absolute atomic E-state index is 0.0392. The van der Waals surface area contributed by atoms with Crippen LogP contribution in [0.25, 0.3) is 0 Å². The molecule has 1 aromatic heterocycles. The Labute approximate surface area is 138 Å². The number of benzene rings is 1. The van der Waals surface area contributed by atoms with Gasteiger partial charge in [-0.05, 0) is 62.1 Å². The molecule has 2 aromatic rings. The molecule has 1 aromatic carbocycles. The topological polar surface area (TPSA) is 54.0 Å². The number of pyridine rings is 1. The van der Waals surface area contributed by atoms with E-state index >= 15 is 0 Å². The van der Waals surface area contributed by atoms with E-state index in [0.29, 0.717) is 5.82 Å².